The second-order valence-electron chi connectivity index (χ2n) is 11.4. The van der Waals surface area contributed by atoms with E-state index in [1.807, 2.05) is 11.5 Å². The number of sulfone groups is 1. The molecule has 1 aliphatic carbocycles. The van der Waals surface area contributed by atoms with E-state index in [9.17, 15) is 22.0 Å². The van der Waals surface area contributed by atoms with Crippen LogP contribution < -0.4 is 5.32 Å². The van der Waals surface area contributed by atoms with E-state index in [1.54, 1.807) is 18.2 Å². The van der Waals surface area contributed by atoms with Gasteiger partial charge >= 0.3 is 0 Å². The van der Waals surface area contributed by atoms with Gasteiger partial charge in [-0.3, -0.25) is 9.36 Å². The molecule has 9 nitrogen and oxygen atoms in total. The van der Waals surface area contributed by atoms with Crippen LogP contribution in [-0.4, -0.2) is 54.1 Å². The molecule has 1 aromatic carbocycles. The molecule has 3 aromatic rings. The van der Waals surface area contributed by atoms with Crippen molar-refractivity contribution in [1.82, 2.24) is 14.5 Å². The normalized spacial score (nSPS) is 23.0. The van der Waals surface area contributed by atoms with Crippen LogP contribution >= 0.6 is 0 Å². The number of nitrogens with one attached hydrogen (secondary N) is 1. The number of Topliss-reactive ketones (excluding diaryl/α,β-unsaturated/α-hetero) is 1. The Kier molecular flexibility index (Phi) is 7.36. The van der Waals surface area contributed by atoms with E-state index in [2.05, 4.69) is 5.32 Å². The number of alkyl halides is 2. The zero-order valence-corrected chi connectivity index (χ0v) is 24.0. The molecule has 2 aliphatic heterocycles. The molecule has 0 spiro atoms. The summed E-state index contributed by atoms with van der Waals surface area (Å²) in [6, 6.07) is 6.56. The lowest BCUT2D eigenvalue weighted by atomic mass is 9.99. The topological polar surface area (TPSA) is 112 Å². The molecule has 2 atom stereocenters. The molecule has 3 fully saturated rings. The summed E-state index contributed by atoms with van der Waals surface area (Å²) in [5.41, 5.74) is 3.05. The van der Waals surface area contributed by atoms with Gasteiger partial charge in [0.25, 0.3) is 5.92 Å². The minimum absolute atomic E-state index is 0.0169. The fourth-order valence-corrected chi connectivity index (χ4v) is 6.56. The Labute approximate surface area is 237 Å². The lowest BCUT2D eigenvalue weighted by molar-refractivity contribution is -0.145. The largest absolute Gasteiger partial charge is 0.367 e. The average Bonchev–Trinajstić information content (AvgIpc) is 3.72. The summed E-state index contributed by atoms with van der Waals surface area (Å²) >= 11 is 0. The Morgan fingerprint density at radius 2 is 1.90 bits per heavy atom. The molecular weight excluding hydrogens is 554 g/mol. The second kappa shape index (κ2) is 10.7. The molecule has 0 bridgehead atoms. The van der Waals surface area contributed by atoms with Crippen LogP contribution in [0.25, 0.3) is 11.2 Å². The maximum atomic E-state index is 13.6. The molecule has 6 rings (SSSR count). The van der Waals surface area contributed by atoms with Crippen molar-refractivity contribution in [3.05, 3.63) is 41.3 Å². The number of benzene rings is 1. The van der Waals surface area contributed by atoms with Gasteiger partial charge in [0.2, 0.25) is 0 Å². The predicted octanol–water partition coefficient (Wildman–Crippen LogP) is 5.59. The number of rotatable bonds is 8. The van der Waals surface area contributed by atoms with Crippen LogP contribution in [-0.2, 0) is 30.5 Å². The first-order valence-corrected chi connectivity index (χ1v) is 16.0. The maximum Gasteiger partial charge on any atom is 0.271 e. The van der Waals surface area contributed by atoms with Gasteiger partial charge in [-0.25, -0.2) is 27.2 Å². The molecule has 3 aliphatic rings. The lowest BCUT2D eigenvalue weighted by Gasteiger charge is -2.29. The highest BCUT2D eigenvalue weighted by molar-refractivity contribution is 7.90. The summed E-state index contributed by atoms with van der Waals surface area (Å²) in [4.78, 5) is 22.4. The average molecular weight is 589 g/mol. The number of nitrogens with zero attached hydrogens (tertiary/aromatic N) is 3. The Morgan fingerprint density at radius 3 is 2.56 bits per heavy atom. The molecule has 1 N–H and O–H groups in total. The van der Waals surface area contributed by atoms with E-state index in [0.29, 0.717) is 46.2 Å². The van der Waals surface area contributed by atoms with E-state index in [0.717, 1.165) is 38.4 Å². The fourth-order valence-electron chi connectivity index (χ4n) is 5.69. The van der Waals surface area contributed by atoms with Crippen molar-refractivity contribution in [1.29, 1.82) is 0 Å². The van der Waals surface area contributed by atoms with Crippen LogP contribution in [0.1, 0.15) is 74.4 Å². The molecule has 2 saturated heterocycles. The summed E-state index contributed by atoms with van der Waals surface area (Å²) in [6.07, 6.45) is 4.81. The molecule has 1 saturated carbocycles. The van der Waals surface area contributed by atoms with Gasteiger partial charge in [-0.2, -0.15) is 0 Å². The summed E-state index contributed by atoms with van der Waals surface area (Å²) in [7, 11) is -3.72. The van der Waals surface area contributed by atoms with Crippen molar-refractivity contribution in [3.63, 3.8) is 0 Å². The van der Waals surface area contributed by atoms with Gasteiger partial charge in [0, 0.05) is 31.6 Å². The number of pyridine rings is 1. The minimum atomic E-state index is -3.72. The van der Waals surface area contributed by atoms with Crippen LogP contribution in [0.15, 0.2) is 29.2 Å². The van der Waals surface area contributed by atoms with E-state index in [1.165, 1.54) is 6.07 Å². The molecule has 0 radical (unpaired) electrons. The van der Waals surface area contributed by atoms with Crippen LogP contribution in [0.5, 0.6) is 0 Å². The molecule has 12 heteroatoms. The number of aryl methyl sites for hydroxylation is 1. The number of carbonyl (C=O) groups is 1. The summed E-state index contributed by atoms with van der Waals surface area (Å²) in [5, 5.41) is 3.26. The van der Waals surface area contributed by atoms with Gasteiger partial charge in [-0.05, 0) is 69.2 Å². The predicted molar refractivity (Wildman–Crippen MR) is 148 cm³/mol. The summed E-state index contributed by atoms with van der Waals surface area (Å²) in [6.45, 7) is 1.82. The van der Waals surface area contributed by atoms with Crippen LogP contribution in [0.4, 0.5) is 20.2 Å². The van der Waals surface area contributed by atoms with Crippen molar-refractivity contribution in [3.8, 4) is 0 Å². The fraction of sp³-hybridized carbons (Fsp3) is 0.552. The van der Waals surface area contributed by atoms with Gasteiger partial charge < -0.3 is 14.8 Å². The lowest BCUT2D eigenvalue weighted by Crippen LogP contribution is -2.31. The summed E-state index contributed by atoms with van der Waals surface area (Å²) in [5.74, 6) is -1.96. The second-order valence-corrected chi connectivity index (χ2v) is 13.4. The molecule has 2 aromatic heterocycles. The third kappa shape index (κ3) is 6.00. The molecule has 1 unspecified atom stereocenters. The van der Waals surface area contributed by atoms with Gasteiger partial charge in [0.1, 0.15) is 30.0 Å². The van der Waals surface area contributed by atoms with Crippen molar-refractivity contribution in [2.24, 2.45) is 5.92 Å². The highest BCUT2D eigenvalue weighted by Gasteiger charge is 2.37. The third-order valence-electron chi connectivity index (χ3n) is 8.02. The number of hydrogen-bond donors (Lipinski definition) is 1. The molecule has 4 heterocycles. The van der Waals surface area contributed by atoms with E-state index in [4.69, 9.17) is 19.4 Å². The zero-order chi connectivity index (χ0) is 28.9. The number of imidazole rings is 1. The number of ketones is 1. The van der Waals surface area contributed by atoms with Crippen LogP contribution in [0.2, 0.25) is 0 Å². The number of aromatic nitrogens is 3. The van der Waals surface area contributed by atoms with Crippen molar-refractivity contribution in [2.75, 3.05) is 24.8 Å². The standard InChI is InChI=1S/C29H34F2N4O5S/c1-17-32-27-22(14-20(15-23(36)18-6-7-18)33-28(27)35(17)26-5-3-4-12-39-26)34-21-9-8-19(13-25(21)41(2,37)38)24-10-11-29(30,31)16-40-24/h8-9,13-14,18,24,26H,3-7,10-12,15-16H2,1-2H3,(H,33,34)/t24-,26?/m1/s1. The van der Waals surface area contributed by atoms with Gasteiger partial charge in [0.05, 0.1) is 28.1 Å². The van der Waals surface area contributed by atoms with E-state index >= 15 is 0 Å². The number of anilines is 2. The monoisotopic (exact) mass is 588 g/mol. The highest BCUT2D eigenvalue weighted by Crippen LogP contribution is 2.39. The number of hydrogen-bond acceptors (Lipinski definition) is 8. The molecular formula is C29H34F2N4O5S. The molecule has 220 valence electrons. The van der Waals surface area contributed by atoms with Gasteiger partial charge in [0.15, 0.2) is 15.5 Å². The van der Waals surface area contributed by atoms with Crippen molar-refractivity contribution < 1.29 is 31.5 Å². The van der Waals surface area contributed by atoms with Crippen LogP contribution in [0, 0.1) is 12.8 Å². The molecule has 41 heavy (non-hydrogen) atoms. The first-order valence-electron chi connectivity index (χ1n) is 14.1. The first-order chi connectivity index (χ1) is 19.5. The van der Waals surface area contributed by atoms with Crippen molar-refractivity contribution >= 4 is 38.2 Å². The third-order valence-corrected chi connectivity index (χ3v) is 9.16. The van der Waals surface area contributed by atoms with Gasteiger partial charge in [-0.15, -0.1) is 0 Å². The Balaban J connectivity index is 1.40. The Bertz CT molecular complexity index is 1590. The number of halogens is 2. The number of fused-ring (bicyclic) bond motifs is 1. The Hall–Kier alpha value is -2.96. The quantitative estimate of drug-likeness (QED) is 0.362. The summed E-state index contributed by atoms with van der Waals surface area (Å²) < 4.78 is 66.5. The minimum Gasteiger partial charge on any atom is -0.367 e. The Morgan fingerprint density at radius 1 is 1.10 bits per heavy atom. The van der Waals surface area contributed by atoms with Crippen molar-refractivity contribution in [2.45, 2.75) is 81.4 Å². The zero-order valence-electron chi connectivity index (χ0n) is 23.2. The van der Waals surface area contributed by atoms with E-state index in [-0.39, 0.29) is 42.1 Å². The maximum absolute atomic E-state index is 13.6. The number of ether oxygens (including phenoxy) is 2. The van der Waals surface area contributed by atoms with Crippen LogP contribution in [0.3, 0.4) is 0 Å². The smallest absolute Gasteiger partial charge is 0.271 e. The first kappa shape index (κ1) is 28.2. The van der Waals surface area contributed by atoms with E-state index < -0.39 is 28.5 Å². The molecule has 0 amide bonds. The number of carbonyl (C=O) groups excluding carboxylic acids is 1. The SMILES string of the molecule is Cc1nc2c(Nc3ccc([C@H]4CCC(F)(F)CO4)cc3S(C)(=O)=O)cc(CC(=O)C3CC3)nc2n1C1CCCCO1. The van der Waals surface area contributed by atoms with Gasteiger partial charge in [-0.1, -0.05) is 6.07 Å². The highest BCUT2D eigenvalue weighted by atomic mass is 32.2.